The van der Waals surface area contributed by atoms with E-state index in [0.717, 1.165) is 0 Å². The van der Waals surface area contributed by atoms with Crippen LogP contribution < -0.4 is 4.74 Å². The third-order valence-electron chi connectivity index (χ3n) is 2.82. The van der Waals surface area contributed by atoms with E-state index in [1.807, 2.05) is 0 Å². The molecule has 1 atom stereocenters. The Labute approximate surface area is 140 Å². The van der Waals surface area contributed by atoms with Gasteiger partial charge in [-0.2, -0.15) is 0 Å². The number of aliphatic hydroxyl groups excluding tert-OH is 1. The Kier molecular flexibility index (Phi) is 5.21. The highest BCUT2D eigenvalue weighted by atomic mass is 79.9. The molecule has 0 radical (unpaired) electrons. The van der Waals surface area contributed by atoms with Gasteiger partial charge in [-0.1, -0.05) is 56.8 Å². The first-order chi connectivity index (χ1) is 9.43. The van der Waals surface area contributed by atoms with Gasteiger partial charge in [0, 0.05) is 21.1 Å². The minimum Gasteiger partial charge on any atom is -0.495 e. The van der Waals surface area contributed by atoms with Crippen molar-refractivity contribution in [1.82, 2.24) is 0 Å². The Morgan fingerprint density at radius 1 is 1.05 bits per heavy atom. The van der Waals surface area contributed by atoms with Crippen LogP contribution in [0.3, 0.4) is 0 Å². The Morgan fingerprint density at radius 2 is 1.75 bits per heavy atom. The van der Waals surface area contributed by atoms with Crippen molar-refractivity contribution in [3.05, 3.63) is 61.0 Å². The molecule has 2 nitrogen and oxygen atoms in total. The fraction of sp³-hybridized carbons (Fsp3) is 0.143. The molecule has 6 heteroatoms. The lowest BCUT2D eigenvalue weighted by Gasteiger charge is -2.16. The number of ether oxygens (including phenoxy) is 1. The average molecular weight is 396 g/mol. The number of aliphatic hydroxyl groups is 1. The lowest BCUT2D eigenvalue weighted by Crippen LogP contribution is -2.02. The van der Waals surface area contributed by atoms with Crippen LogP contribution in [0.4, 0.5) is 0 Å². The van der Waals surface area contributed by atoms with E-state index in [1.54, 1.807) is 30.3 Å². The van der Waals surface area contributed by atoms with Gasteiger partial charge in [-0.15, -0.1) is 0 Å². The SMILES string of the molecule is COc1cc(Cl)c(C(O)c2ccc(Cl)cc2Br)cc1Cl. The molecule has 2 rings (SSSR count). The van der Waals surface area contributed by atoms with Crippen LogP contribution >= 0.6 is 50.7 Å². The zero-order valence-electron chi connectivity index (χ0n) is 10.3. The quantitative estimate of drug-likeness (QED) is 0.742. The monoisotopic (exact) mass is 394 g/mol. The zero-order valence-corrected chi connectivity index (χ0v) is 14.2. The number of hydrogen-bond donors (Lipinski definition) is 1. The Hall–Kier alpha value is -0.450. The molecule has 1 N–H and O–H groups in total. The summed E-state index contributed by atoms with van der Waals surface area (Å²) in [6, 6.07) is 8.30. The maximum Gasteiger partial charge on any atom is 0.138 e. The Morgan fingerprint density at radius 3 is 2.35 bits per heavy atom. The molecule has 20 heavy (non-hydrogen) atoms. The van der Waals surface area contributed by atoms with Crippen LogP contribution in [0.5, 0.6) is 5.75 Å². The van der Waals surface area contributed by atoms with Gasteiger partial charge in [0.1, 0.15) is 11.9 Å². The summed E-state index contributed by atoms with van der Waals surface area (Å²) in [6.45, 7) is 0. The summed E-state index contributed by atoms with van der Waals surface area (Å²) in [4.78, 5) is 0. The zero-order chi connectivity index (χ0) is 14.9. The van der Waals surface area contributed by atoms with Crippen LogP contribution in [-0.4, -0.2) is 12.2 Å². The van der Waals surface area contributed by atoms with E-state index < -0.39 is 6.10 Å². The average Bonchev–Trinajstić information content (AvgIpc) is 2.40. The van der Waals surface area contributed by atoms with Gasteiger partial charge in [-0.25, -0.2) is 0 Å². The van der Waals surface area contributed by atoms with Crippen LogP contribution in [0.1, 0.15) is 17.2 Å². The van der Waals surface area contributed by atoms with Crippen molar-refractivity contribution in [2.24, 2.45) is 0 Å². The predicted molar refractivity (Wildman–Crippen MR) is 86.2 cm³/mol. The van der Waals surface area contributed by atoms with Crippen LogP contribution in [0.2, 0.25) is 15.1 Å². The standard InChI is InChI=1S/C14H10BrCl3O2/c1-20-13-6-11(17)9(5-12(13)18)14(19)8-3-2-7(16)4-10(8)15/h2-6,14,19H,1H3. The Bertz CT molecular complexity index is 647. The van der Waals surface area contributed by atoms with Crippen molar-refractivity contribution in [2.45, 2.75) is 6.10 Å². The molecule has 0 spiro atoms. The van der Waals surface area contributed by atoms with E-state index in [9.17, 15) is 5.11 Å². The summed E-state index contributed by atoms with van der Waals surface area (Å²) >= 11 is 21.5. The van der Waals surface area contributed by atoms with Crippen molar-refractivity contribution >= 4 is 50.7 Å². The van der Waals surface area contributed by atoms with E-state index in [-0.39, 0.29) is 0 Å². The number of methoxy groups -OCH3 is 1. The van der Waals surface area contributed by atoms with Gasteiger partial charge in [0.25, 0.3) is 0 Å². The summed E-state index contributed by atoms with van der Waals surface area (Å²) in [6.07, 6.45) is -0.919. The van der Waals surface area contributed by atoms with Gasteiger partial charge >= 0.3 is 0 Å². The molecule has 106 valence electrons. The first-order valence-corrected chi connectivity index (χ1v) is 7.52. The van der Waals surface area contributed by atoms with E-state index in [0.29, 0.717) is 36.4 Å². The van der Waals surface area contributed by atoms with E-state index in [2.05, 4.69) is 15.9 Å². The number of halogens is 4. The van der Waals surface area contributed by atoms with Gasteiger partial charge in [0.05, 0.1) is 17.2 Å². The largest absolute Gasteiger partial charge is 0.495 e. The second-order valence-corrected chi connectivity index (χ2v) is 6.18. The smallest absolute Gasteiger partial charge is 0.138 e. The molecule has 0 aromatic heterocycles. The van der Waals surface area contributed by atoms with Gasteiger partial charge in [-0.3, -0.25) is 0 Å². The Balaban J connectivity index is 2.48. The highest BCUT2D eigenvalue weighted by Gasteiger charge is 2.19. The van der Waals surface area contributed by atoms with Gasteiger partial charge in [0.15, 0.2) is 0 Å². The normalized spacial score (nSPS) is 12.3. The molecule has 0 fully saturated rings. The number of hydrogen-bond acceptors (Lipinski definition) is 2. The van der Waals surface area contributed by atoms with Crippen molar-refractivity contribution in [1.29, 1.82) is 0 Å². The van der Waals surface area contributed by atoms with Gasteiger partial charge < -0.3 is 9.84 Å². The van der Waals surface area contributed by atoms with Gasteiger partial charge in [0.2, 0.25) is 0 Å². The maximum absolute atomic E-state index is 10.5. The first-order valence-electron chi connectivity index (χ1n) is 5.60. The number of benzene rings is 2. The minimum atomic E-state index is -0.919. The van der Waals surface area contributed by atoms with Crippen molar-refractivity contribution in [2.75, 3.05) is 7.11 Å². The van der Waals surface area contributed by atoms with Gasteiger partial charge in [-0.05, 0) is 23.8 Å². The summed E-state index contributed by atoms with van der Waals surface area (Å²) in [5, 5.41) is 11.8. The second kappa shape index (κ2) is 6.54. The van der Waals surface area contributed by atoms with Crippen molar-refractivity contribution in [3.63, 3.8) is 0 Å². The van der Waals surface area contributed by atoms with Crippen molar-refractivity contribution < 1.29 is 9.84 Å². The first kappa shape index (κ1) is 15.9. The molecule has 0 bridgehead atoms. The molecule has 0 saturated carbocycles. The molecule has 0 aliphatic rings. The van der Waals surface area contributed by atoms with Crippen LogP contribution in [-0.2, 0) is 0 Å². The van der Waals surface area contributed by atoms with E-state index in [4.69, 9.17) is 39.5 Å². The molecule has 0 amide bonds. The lowest BCUT2D eigenvalue weighted by molar-refractivity contribution is 0.219. The maximum atomic E-state index is 10.5. The fourth-order valence-electron chi connectivity index (χ4n) is 1.80. The molecule has 0 aliphatic carbocycles. The van der Waals surface area contributed by atoms with E-state index >= 15 is 0 Å². The molecule has 0 aliphatic heterocycles. The van der Waals surface area contributed by atoms with E-state index in [1.165, 1.54) is 7.11 Å². The predicted octanol–water partition coefficient (Wildman–Crippen LogP) is 5.50. The second-order valence-electron chi connectivity index (χ2n) is 4.08. The summed E-state index contributed by atoms with van der Waals surface area (Å²) in [5.74, 6) is 0.461. The van der Waals surface area contributed by atoms with Crippen molar-refractivity contribution in [3.8, 4) is 5.75 Å². The highest BCUT2D eigenvalue weighted by molar-refractivity contribution is 9.10. The third kappa shape index (κ3) is 3.23. The lowest BCUT2D eigenvalue weighted by atomic mass is 10.0. The fourth-order valence-corrected chi connectivity index (χ4v) is 3.21. The number of rotatable bonds is 3. The van der Waals surface area contributed by atoms with Crippen LogP contribution in [0.15, 0.2) is 34.8 Å². The molecule has 2 aromatic rings. The molecule has 0 heterocycles. The third-order valence-corrected chi connectivity index (χ3v) is 4.37. The summed E-state index contributed by atoms with van der Waals surface area (Å²) < 4.78 is 5.78. The molecule has 1 unspecified atom stereocenters. The summed E-state index contributed by atoms with van der Waals surface area (Å²) in [5.41, 5.74) is 1.15. The van der Waals surface area contributed by atoms with Crippen LogP contribution in [0, 0.1) is 0 Å². The summed E-state index contributed by atoms with van der Waals surface area (Å²) in [7, 11) is 1.50. The highest BCUT2D eigenvalue weighted by Crippen LogP contribution is 2.38. The molecular formula is C14H10BrCl3O2. The minimum absolute atomic E-state index is 0.376. The molecule has 0 saturated heterocycles. The topological polar surface area (TPSA) is 29.5 Å². The van der Waals surface area contributed by atoms with Crippen LogP contribution in [0.25, 0.3) is 0 Å². The molecule has 2 aromatic carbocycles. The molecular weight excluding hydrogens is 386 g/mol.